The molecule has 0 aliphatic carbocycles. The van der Waals surface area contributed by atoms with Crippen LogP contribution < -0.4 is 11.1 Å². The molecule has 0 spiro atoms. The number of carbonyl (C=O) groups is 1. The summed E-state index contributed by atoms with van der Waals surface area (Å²) >= 11 is 0. The number of aromatic nitrogens is 1. The van der Waals surface area contributed by atoms with Crippen LogP contribution in [0.3, 0.4) is 0 Å². The zero-order chi connectivity index (χ0) is 15.2. The largest absolute Gasteiger partial charge is 0.351 e. The van der Waals surface area contributed by atoms with Gasteiger partial charge in [-0.1, -0.05) is 38.1 Å². The number of benzene rings is 1. The summed E-state index contributed by atoms with van der Waals surface area (Å²) in [4.78, 5) is 16.2. The van der Waals surface area contributed by atoms with E-state index in [0.717, 1.165) is 16.8 Å². The highest BCUT2D eigenvalue weighted by Gasteiger charge is 2.16. The second-order valence-electron chi connectivity index (χ2n) is 5.40. The smallest absolute Gasteiger partial charge is 0.237 e. The number of amides is 1. The molecule has 0 saturated carbocycles. The Morgan fingerprint density at radius 1 is 1.23 bits per heavy atom. The Balaban J connectivity index is 0.00000242. The SMILES string of the molecule is CC(C)[C@H](N)C(=O)NCc1cccc(-c2ccccn2)c1.Cl. The van der Waals surface area contributed by atoms with Crippen LogP contribution in [0.2, 0.25) is 0 Å². The van der Waals surface area contributed by atoms with Crippen molar-refractivity contribution in [3.05, 3.63) is 54.2 Å². The minimum Gasteiger partial charge on any atom is -0.351 e. The van der Waals surface area contributed by atoms with Crippen LogP contribution in [0.25, 0.3) is 11.3 Å². The fourth-order valence-corrected chi connectivity index (χ4v) is 1.98. The van der Waals surface area contributed by atoms with E-state index >= 15 is 0 Å². The quantitative estimate of drug-likeness (QED) is 0.890. The van der Waals surface area contributed by atoms with Gasteiger partial charge >= 0.3 is 0 Å². The fraction of sp³-hybridized carbons (Fsp3) is 0.294. The molecule has 0 fully saturated rings. The first kappa shape index (κ1) is 18.1. The third kappa shape index (κ3) is 4.83. The van der Waals surface area contributed by atoms with Crippen LogP contribution in [0.5, 0.6) is 0 Å². The van der Waals surface area contributed by atoms with Crippen LogP contribution >= 0.6 is 12.4 Å². The molecule has 22 heavy (non-hydrogen) atoms. The lowest BCUT2D eigenvalue weighted by molar-refractivity contribution is -0.123. The van der Waals surface area contributed by atoms with Gasteiger partial charge in [0.2, 0.25) is 5.91 Å². The highest BCUT2D eigenvalue weighted by molar-refractivity contribution is 5.85. The summed E-state index contributed by atoms with van der Waals surface area (Å²) in [5.41, 5.74) is 8.81. The summed E-state index contributed by atoms with van der Waals surface area (Å²) in [6.45, 7) is 4.35. The van der Waals surface area contributed by atoms with E-state index in [0.29, 0.717) is 6.54 Å². The lowest BCUT2D eigenvalue weighted by Crippen LogP contribution is -2.43. The molecule has 1 heterocycles. The maximum atomic E-state index is 11.9. The van der Waals surface area contributed by atoms with E-state index in [2.05, 4.69) is 10.3 Å². The molecule has 1 atom stereocenters. The number of hydrogen-bond acceptors (Lipinski definition) is 3. The molecule has 1 aromatic carbocycles. The van der Waals surface area contributed by atoms with Gasteiger partial charge in [-0.25, -0.2) is 0 Å². The standard InChI is InChI=1S/C17H21N3O.ClH/c1-12(2)16(18)17(21)20-11-13-6-5-7-14(10-13)15-8-3-4-9-19-15;/h3-10,12,16H,11,18H2,1-2H3,(H,20,21);1H/t16-;/m0./s1. The van der Waals surface area contributed by atoms with E-state index in [4.69, 9.17) is 5.73 Å². The first-order valence-electron chi connectivity index (χ1n) is 7.11. The third-order valence-corrected chi connectivity index (χ3v) is 3.38. The molecule has 3 N–H and O–H groups in total. The van der Waals surface area contributed by atoms with Gasteiger partial charge in [-0.05, 0) is 29.7 Å². The number of carbonyl (C=O) groups excluding carboxylic acids is 1. The van der Waals surface area contributed by atoms with E-state index in [-0.39, 0.29) is 24.2 Å². The van der Waals surface area contributed by atoms with Gasteiger partial charge in [-0.3, -0.25) is 9.78 Å². The molecule has 5 heteroatoms. The number of pyridine rings is 1. The number of nitrogens with one attached hydrogen (secondary N) is 1. The fourth-order valence-electron chi connectivity index (χ4n) is 1.98. The van der Waals surface area contributed by atoms with Gasteiger partial charge in [-0.15, -0.1) is 12.4 Å². The minimum atomic E-state index is -0.469. The molecule has 0 aliphatic heterocycles. The molecule has 0 aliphatic rings. The van der Waals surface area contributed by atoms with Crippen molar-refractivity contribution in [1.82, 2.24) is 10.3 Å². The summed E-state index contributed by atoms with van der Waals surface area (Å²) in [5.74, 6) is 0.0121. The molecule has 4 nitrogen and oxygen atoms in total. The third-order valence-electron chi connectivity index (χ3n) is 3.38. The van der Waals surface area contributed by atoms with Gasteiger partial charge in [0.25, 0.3) is 0 Å². The molecule has 1 aromatic heterocycles. The normalized spacial score (nSPS) is 11.6. The van der Waals surface area contributed by atoms with Crippen molar-refractivity contribution in [3.63, 3.8) is 0 Å². The van der Waals surface area contributed by atoms with Crippen molar-refractivity contribution in [1.29, 1.82) is 0 Å². The number of hydrogen-bond donors (Lipinski definition) is 2. The first-order chi connectivity index (χ1) is 10.1. The molecule has 0 radical (unpaired) electrons. The summed E-state index contributed by atoms with van der Waals surface area (Å²) in [6.07, 6.45) is 1.77. The van der Waals surface area contributed by atoms with E-state index in [1.54, 1.807) is 6.20 Å². The van der Waals surface area contributed by atoms with Gasteiger partial charge in [0.1, 0.15) is 0 Å². The average Bonchev–Trinajstić information content (AvgIpc) is 2.53. The van der Waals surface area contributed by atoms with Gasteiger partial charge in [0, 0.05) is 18.3 Å². The lowest BCUT2D eigenvalue weighted by atomic mass is 10.0. The Morgan fingerprint density at radius 3 is 2.64 bits per heavy atom. The van der Waals surface area contributed by atoms with Crippen molar-refractivity contribution in [2.24, 2.45) is 11.7 Å². The number of rotatable bonds is 5. The monoisotopic (exact) mass is 319 g/mol. The number of halogens is 1. The van der Waals surface area contributed by atoms with Crippen LogP contribution in [0.15, 0.2) is 48.7 Å². The van der Waals surface area contributed by atoms with Crippen LogP contribution in [0.1, 0.15) is 19.4 Å². The summed E-state index contributed by atoms with van der Waals surface area (Å²) in [5, 5.41) is 2.87. The molecule has 118 valence electrons. The summed E-state index contributed by atoms with van der Waals surface area (Å²) in [7, 11) is 0. The molecular weight excluding hydrogens is 298 g/mol. The topological polar surface area (TPSA) is 68.0 Å². The van der Waals surface area contributed by atoms with E-state index in [1.165, 1.54) is 0 Å². The molecule has 2 aromatic rings. The van der Waals surface area contributed by atoms with Crippen molar-refractivity contribution < 1.29 is 4.79 Å². The number of nitrogens with zero attached hydrogens (tertiary/aromatic N) is 1. The van der Waals surface area contributed by atoms with Crippen molar-refractivity contribution in [3.8, 4) is 11.3 Å². The zero-order valence-electron chi connectivity index (χ0n) is 12.8. The van der Waals surface area contributed by atoms with Crippen molar-refractivity contribution in [2.75, 3.05) is 0 Å². The Bertz CT molecular complexity index is 602. The lowest BCUT2D eigenvalue weighted by Gasteiger charge is -2.15. The maximum Gasteiger partial charge on any atom is 0.237 e. The maximum absolute atomic E-state index is 11.9. The van der Waals surface area contributed by atoms with Crippen LogP contribution in [0, 0.1) is 5.92 Å². The Labute approximate surface area is 137 Å². The first-order valence-corrected chi connectivity index (χ1v) is 7.11. The van der Waals surface area contributed by atoms with Gasteiger partial charge < -0.3 is 11.1 Å². The molecule has 2 rings (SSSR count). The van der Waals surface area contributed by atoms with Crippen molar-refractivity contribution in [2.45, 2.75) is 26.4 Å². The Morgan fingerprint density at radius 2 is 2.00 bits per heavy atom. The molecule has 0 bridgehead atoms. The van der Waals surface area contributed by atoms with Gasteiger partial charge in [-0.2, -0.15) is 0 Å². The molecule has 1 amide bonds. The predicted octanol–water partition coefficient (Wildman–Crippen LogP) is 2.77. The van der Waals surface area contributed by atoms with Crippen LogP contribution in [-0.2, 0) is 11.3 Å². The predicted molar refractivity (Wildman–Crippen MR) is 91.6 cm³/mol. The molecule has 0 saturated heterocycles. The zero-order valence-corrected chi connectivity index (χ0v) is 13.6. The molecular formula is C17H22ClN3O. The van der Waals surface area contributed by atoms with E-state index < -0.39 is 6.04 Å². The van der Waals surface area contributed by atoms with E-state index in [9.17, 15) is 4.79 Å². The Kier molecular flexibility index (Phi) is 7.02. The summed E-state index contributed by atoms with van der Waals surface area (Å²) in [6, 6.07) is 13.3. The second-order valence-corrected chi connectivity index (χ2v) is 5.40. The minimum absolute atomic E-state index is 0. The number of nitrogens with two attached hydrogens (primary N) is 1. The average molecular weight is 320 g/mol. The Hall–Kier alpha value is -1.91. The van der Waals surface area contributed by atoms with Crippen LogP contribution in [-0.4, -0.2) is 16.9 Å². The van der Waals surface area contributed by atoms with Crippen LogP contribution in [0.4, 0.5) is 0 Å². The van der Waals surface area contributed by atoms with Gasteiger partial charge in [0.05, 0.1) is 11.7 Å². The van der Waals surface area contributed by atoms with Gasteiger partial charge in [0.15, 0.2) is 0 Å². The highest BCUT2D eigenvalue weighted by atomic mass is 35.5. The summed E-state index contributed by atoms with van der Waals surface area (Å²) < 4.78 is 0. The van der Waals surface area contributed by atoms with E-state index in [1.807, 2.05) is 56.3 Å². The molecule has 0 unspecified atom stereocenters. The second kappa shape index (κ2) is 8.51. The van der Waals surface area contributed by atoms with Crippen molar-refractivity contribution >= 4 is 18.3 Å². The highest BCUT2D eigenvalue weighted by Crippen LogP contribution is 2.17.